The number of ether oxygens (including phenoxy) is 1. The lowest BCUT2D eigenvalue weighted by atomic mass is 10.0. The number of rotatable bonds is 6. The average molecular weight is 240 g/mol. The highest BCUT2D eigenvalue weighted by Gasteiger charge is 2.42. The molecular weight excluding hydrogens is 216 g/mol. The van der Waals surface area contributed by atoms with E-state index in [0.717, 1.165) is 38.8 Å². The van der Waals surface area contributed by atoms with E-state index in [4.69, 9.17) is 4.74 Å². The van der Waals surface area contributed by atoms with Crippen molar-refractivity contribution in [1.82, 2.24) is 10.2 Å². The molecular formula is C13H24N2O2. The lowest BCUT2D eigenvalue weighted by Crippen LogP contribution is -2.46. The number of nitrogens with zero attached hydrogens (tertiary/aromatic N) is 1. The highest BCUT2D eigenvalue weighted by atomic mass is 16.5. The molecule has 4 nitrogen and oxygen atoms in total. The van der Waals surface area contributed by atoms with E-state index in [1.165, 1.54) is 0 Å². The molecule has 2 aliphatic rings. The van der Waals surface area contributed by atoms with Crippen LogP contribution in [0.3, 0.4) is 0 Å². The average Bonchev–Trinajstić information content (AvgIpc) is 2.86. The molecule has 2 fully saturated rings. The van der Waals surface area contributed by atoms with E-state index in [2.05, 4.69) is 17.1 Å². The Morgan fingerprint density at radius 3 is 3.12 bits per heavy atom. The summed E-state index contributed by atoms with van der Waals surface area (Å²) in [5, 5.41) is 3.63. The van der Waals surface area contributed by atoms with E-state index >= 15 is 0 Å². The maximum atomic E-state index is 11.8. The van der Waals surface area contributed by atoms with Gasteiger partial charge in [-0.2, -0.15) is 0 Å². The third-order valence-corrected chi connectivity index (χ3v) is 3.93. The summed E-state index contributed by atoms with van der Waals surface area (Å²) >= 11 is 0. The van der Waals surface area contributed by atoms with Gasteiger partial charge >= 0.3 is 0 Å². The van der Waals surface area contributed by atoms with Crippen LogP contribution in [0.4, 0.5) is 0 Å². The number of carbonyl (C=O) groups excluding carboxylic acids is 1. The molecule has 0 aromatic carbocycles. The van der Waals surface area contributed by atoms with Crippen LogP contribution >= 0.6 is 0 Å². The zero-order valence-electron chi connectivity index (χ0n) is 10.9. The minimum Gasteiger partial charge on any atom is -0.383 e. The van der Waals surface area contributed by atoms with Gasteiger partial charge in [0.05, 0.1) is 6.61 Å². The zero-order valence-corrected chi connectivity index (χ0v) is 10.9. The normalized spacial score (nSPS) is 29.8. The molecule has 17 heavy (non-hydrogen) atoms. The molecule has 2 rings (SSSR count). The van der Waals surface area contributed by atoms with Gasteiger partial charge in [0, 0.05) is 38.2 Å². The number of hydrogen-bond donors (Lipinski definition) is 1. The first kappa shape index (κ1) is 12.8. The first-order valence-electron chi connectivity index (χ1n) is 6.80. The second-order valence-electron chi connectivity index (χ2n) is 5.21. The molecule has 0 aliphatic carbocycles. The summed E-state index contributed by atoms with van der Waals surface area (Å²) in [7, 11) is 1.74. The predicted molar refractivity (Wildman–Crippen MR) is 66.8 cm³/mol. The Morgan fingerprint density at radius 1 is 1.59 bits per heavy atom. The number of hydrogen-bond acceptors (Lipinski definition) is 3. The first-order valence-corrected chi connectivity index (χ1v) is 6.80. The van der Waals surface area contributed by atoms with Gasteiger partial charge in [-0.3, -0.25) is 4.79 Å². The van der Waals surface area contributed by atoms with Crippen molar-refractivity contribution in [2.75, 3.05) is 20.3 Å². The smallest absolute Gasteiger partial charge is 0.224 e. The maximum Gasteiger partial charge on any atom is 0.224 e. The van der Waals surface area contributed by atoms with Crippen molar-refractivity contribution >= 4 is 5.91 Å². The second-order valence-corrected chi connectivity index (χ2v) is 5.21. The van der Waals surface area contributed by atoms with Crippen LogP contribution in [0.2, 0.25) is 0 Å². The summed E-state index contributed by atoms with van der Waals surface area (Å²) in [6, 6.07) is 1.18. The number of methoxy groups -OCH3 is 1. The molecule has 0 aromatic heterocycles. The summed E-state index contributed by atoms with van der Waals surface area (Å²) < 4.78 is 5.24. The van der Waals surface area contributed by atoms with Gasteiger partial charge in [0.15, 0.2) is 0 Å². The van der Waals surface area contributed by atoms with Crippen molar-refractivity contribution in [3.63, 3.8) is 0 Å². The Bertz CT molecular complexity index is 264. The van der Waals surface area contributed by atoms with E-state index in [-0.39, 0.29) is 0 Å². The van der Waals surface area contributed by atoms with Crippen molar-refractivity contribution in [1.29, 1.82) is 0 Å². The van der Waals surface area contributed by atoms with Gasteiger partial charge in [0.25, 0.3) is 0 Å². The van der Waals surface area contributed by atoms with Crippen LogP contribution in [0.5, 0.6) is 0 Å². The number of fused-ring (bicyclic) bond motifs is 1. The molecule has 4 heteroatoms. The molecule has 2 saturated heterocycles. The fraction of sp³-hybridized carbons (Fsp3) is 0.923. The monoisotopic (exact) mass is 240 g/mol. The zero-order chi connectivity index (χ0) is 12.3. The minimum atomic E-state index is 0.331. The molecule has 0 aromatic rings. The molecule has 2 aliphatic heterocycles. The predicted octanol–water partition coefficient (Wildman–Crippen LogP) is 1.15. The molecule has 0 spiro atoms. The summed E-state index contributed by atoms with van der Waals surface area (Å²) in [6.07, 6.45) is 5.27. The van der Waals surface area contributed by atoms with Crippen LogP contribution in [-0.2, 0) is 9.53 Å². The molecule has 0 bridgehead atoms. The molecule has 1 amide bonds. The molecule has 0 saturated carbocycles. The third-order valence-electron chi connectivity index (χ3n) is 3.93. The summed E-state index contributed by atoms with van der Waals surface area (Å²) in [4.78, 5) is 13.9. The summed E-state index contributed by atoms with van der Waals surface area (Å²) in [5.74, 6) is 0.331. The van der Waals surface area contributed by atoms with Crippen LogP contribution < -0.4 is 5.32 Å². The lowest BCUT2D eigenvalue weighted by molar-refractivity contribution is -0.127. The van der Waals surface area contributed by atoms with E-state index < -0.39 is 0 Å². The van der Waals surface area contributed by atoms with Crippen molar-refractivity contribution < 1.29 is 9.53 Å². The SMILES string of the molecule is CCCC(COC)NC1CC(=O)N2CCCC12. The Balaban J connectivity index is 1.91. The largest absolute Gasteiger partial charge is 0.383 e. The topological polar surface area (TPSA) is 41.6 Å². The Hall–Kier alpha value is -0.610. The van der Waals surface area contributed by atoms with Crippen LogP contribution in [0.15, 0.2) is 0 Å². The highest BCUT2D eigenvalue weighted by Crippen LogP contribution is 2.29. The van der Waals surface area contributed by atoms with E-state index in [0.29, 0.717) is 30.5 Å². The third kappa shape index (κ3) is 2.80. The van der Waals surface area contributed by atoms with Crippen LogP contribution in [0.25, 0.3) is 0 Å². The second kappa shape index (κ2) is 5.83. The van der Waals surface area contributed by atoms with E-state index in [1.807, 2.05) is 0 Å². The van der Waals surface area contributed by atoms with Crippen LogP contribution in [0.1, 0.15) is 39.0 Å². The van der Waals surface area contributed by atoms with Gasteiger partial charge in [-0.05, 0) is 19.3 Å². The fourth-order valence-corrected chi connectivity index (χ4v) is 3.20. The molecule has 1 N–H and O–H groups in total. The maximum absolute atomic E-state index is 11.8. The van der Waals surface area contributed by atoms with Crippen LogP contribution in [0, 0.1) is 0 Å². The Morgan fingerprint density at radius 2 is 2.41 bits per heavy atom. The van der Waals surface area contributed by atoms with Gasteiger partial charge in [0.2, 0.25) is 5.91 Å². The number of amides is 1. The van der Waals surface area contributed by atoms with Crippen molar-refractivity contribution in [3.05, 3.63) is 0 Å². The van der Waals surface area contributed by atoms with E-state index in [1.54, 1.807) is 7.11 Å². The number of carbonyl (C=O) groups is 1. The molecule has 3 atom stereocenters. The Labute approximate surface area is 104 Å². The highest BCUT2D eigenvalue weighted by molar-refractivity contribution is 5.80. The fourth-order valence-electron chi connectivity index (χ4n) is 3.20. The molecule has 0 radical (unpaired) electrons. The Kier molecular flexibility index (Phi) is 4.40. The van der Waals surface area contributed by atoms with Gasteiger partial charge in [0.1, 0.15) is 0 Å². The molecule has 2 heterocycles. The molecule has 98 valence electrons. The van der Waals surface area contributed by atoms with Crippen molar-refractivity contribution in [2.45, 2.75) is 57.2 Å². The van der Waals surface area contributed by atoms with Crippen molar-refractivity contribution in [2.24, 2.45) is 0 Å². The van der Waals surface area contributed by atoms with E-state index in [9.17, 15) is 4.79 Å². The van der Waals surface area contributed by atoms with Gasteiger partial charge in [-0.15, -0.1) is 0 Å². The van der Waals surface area contributed by atoms with Crippen molar-refractivity contribution in [3.8, 4) is 0 Å². The standard InChI is InChI=1S/C13H24N2O2/c1-3-5-10(9-17-2)14-11-8-13(16)15-7-4-6-12(11)15/h10-12,14H,3-9H2,1-2H3. The minimum absolute atomic E-state index is 0.331. The van der Waals surface area contributed by atoms with Crippen LogP contribution in [-0.4, -0.2) is 49.2 Å². The van der Waals surface area contributed by atoms with Gasteiger partial charge in [-0.25, -0.2) is 0 Å². The van der Waals surface area contributed by atoms with Gasteiger partial charge < -0.3 is 15.0 Å². The molecule has 3 unspecified atom stereocenters. The quantitative estimate of drug-likeness (QED) is 0.757. The number of nitrogens with one attached hydrogen (secondary N) is 1. The first-order chi connectivity index (χ1) is 8.26. The summed E-state index contributed by atoms with van der Waals surface area (Å²) in [5.41, 5.74) is 0. The van der Waals surface area contributed by atoms with Gasteiger partial charge in [-0.1, -0.05) is 13.3 Å². The lowest BCUT2D eigenvalue weighted by Gasteiger charge is -2.26. The summed E-state index contributed by atoms with van der Waals surface area (Å²) in [6.45, 7) is 3.89.